The number of fused-ring (bicyclic) bond motifs is 3. The molecular formula is C15H10N6O5. The van der Waals surface area contributed by atoms with Crippen LogP contribution in [-0.4, -0.2) is 38.6 Å². The van der Waals surface area contributed by atoms with Gasteiger partial charge in [0.2, 0.25) is 5.95 Å². The fourth-order valence-corrected chi connectivity index (χ4v) is 2.56. The van der Waals surface area contributed by atoms with Gasteiger partial charge in [0.05, 0.1) is 12.5 Å². The lowest BCUT2D eigenvalue weighted by molar-refractivity contribution is 0.102. The highest BCUT2D eigenvalue weighted by Crippen LogP contribution is 2.24. The Morgan fingerprint density at radius 1 is 1.27 bits per heavy atom. The number of nitrogens with zero attached hydrogens (tertiary/aromatic N) is 3. The van der Waals surface area contributed by atoms with E-state index in [1.807, 2.05) is 0 Å². The van der Waals surface area contributed by atoms with Crippen molar-refractivity contribution in [2.24, 2.45) is 0 Å². The average molecular weight is 354 g/mol. The van der Waals surface area contributed by atoms with E-state index in [1.54, 1.807) is 12.1 Å². The van der Waals surface area contributed by atoms with E-state index >= 15 is 0 Å². The minimum Gasteiger partial charge on any atom is -0.497 e. The fourth-order valence-electron chi connectivity index (χ4n) is 2.56. The molecule has 11 heteroatoms. The maximum atomic E-state index is 12.6. The number of carbonyl (C=O) groups is 1. The summed E-state index contributed by atoms with van der Waals surface area (Å²) in [4.78, 5) is 39.7. The molecule has 0 spiro atoms. The van der Waals surface area contributed by atoms with Crippen molar-refractivity contribution < 1.29 is 13.9 Å². The third-order valence-electron chi connectivity index (χ3n) is 3.72. The second-order valence-corrected chi connectivity index (χ2v) is 5.25. The lowest BCUT2D eigenvalue weighted by Gasteiger charge is -2.06. The van der Waals surface area contributed by atoms with Crippen LogP contribution in [0.2, 0.25) is 0 Å². The molecule has 0 fully saturated rings. The predicted molar refractivity (Wildman–Crippen MR) is 89.3 cm³/mol. The summed E-state index contributed by atoms with van der Waals surface area (Å²) in [6, 6.07) is 5.81. The Bertz CT molecular complexity index is 1260. The molecule has 4 aromatic rings. The van der Waals surface area contributed by atoms with Crippen LogP contribution in [0.4, 0.5) is 5.95 Å². The SMILES string of the molecule is COc1ccc2oc(=O)c3[nH]c(C(=O)Nc4nnn[nH]4)cc(=O)c3c2c1. The van der Waals surface area contributed by atoms with Gasteiger partial charge in [0, 0.05) is 11.5 Å². The number of aromatic amines is 2. The molecule has 0 aliphatic carbocycles. The molecule has 3 aromatic heterocycles. The molecule has 1 aromatic carbocycles. The Kier molecular flexibility index (Phi) is 3.46. The zero-order valence-corrected chi connectivity index (χ0v) is 13.2. The van der Waals surface area contributed by atoms with E-state index in [1.165, 1.54) is 13.2 Å². The Morgan fingerprint density at radius 2 is 2.12 bits per heavy atom. The zero-order valence-electron chi connectivity index (χ0n) is 13.2. The maximum Gasteiger partial charge on any atom is 0.360 e. The normalized spacial score (nSPS) is 11.0. The van der Waals surface area contributed by atoms with E-state index in [0.717, 1.165) is 6.07 Å². The molecule has 1 amide bonds. The molecule has 0 saturated heterocycles. The van der Waals surface area contributed by atoms with Gasteiger partial charge in [-0.15, -0.1) is 0 Å². The molecule has 0 unspecified atom stereocenters. The lowest BCUT2D eigenvalue weighted by Crippen LogP contribution is -2.20. The van der Waals surface area contributed by atoms with Crippen molar-refractivity contribution >= 4 is 33.7 Å². The number of amides is 1. The molecule has 4 rings (SSSR count). The van der Waals surface area contributed by atoms with Crippen LogP contribution in [0.3, 0.4) is 0 Å². The third-order valence-corrected chi connectivity index (χ3v) is 3.72. The molecule has 0 radical (unpaired) electrons. The predicted octanol–water partition coefficient (Wildman–Crippen LogP) is 0.408. The molecular weight excluding hydrogens is 344 g/mol. The smallest absolute Gasteiger partial charge is 0.360 e. The van der Waals surface area contributed by atoms with Crippen molar-refractivity contribution in [1.82, 2.24) is 25.6 Å². The van der Waals surface area contributed by atoms with Gasteiger partial charge >= 0.3 is 5.63 Å². The number of H-pyrrole nitrogens is 2. The minimum absolute atomic E-state index is 0.00812. The standard InChI is InChI=1S/C15H10N6O5/c1-25-6-2-3-10-7(4-6)11-9(22)5-8(16-12(11)14(24)26-10)13(23)17-15-18-20-21-19-15/h2-5H,1H3,(H,16,22)(H2,17,18,19,20,21,23). The molecule has 3 N–H and O–H groups in total. The van der Waals surface area contributed by atoms with Crippen molar-refractivity contribution in [3.8, 4) is 5.75 Å². The Labute approximate surface area is 143 Å². The first-order valence-electron chi connectivity index (χ1n) is 7.30. The van der Waals surface area contributed by atoms with Gasteiger partial charge in [-0.2, -0.15) is 0 Å². The minimum atomic E-state index is -0.772. The highest BCUT2D eigenvalue weighted by Gasteiger charge is 2.17. The third kappa shape index (κ3) is 2.47. The van der Waals surface area contributed by atoms with Crippen LogP contribution in [0.5, 0.6) is 5.75 Å². The van der Waals surface area contributed by atoms with Crippen LogP contribution in [0.15, 0.2) is 38.3 Å². The molecule has 0 aliphatic rings. The summed E-state index contributed by atoms with van der Waals surface area (Å²) in [5.41, 5.74) is -1.33. The number of carbonyl (C=O) groups excluding carboxylic acids is 1. The lowest BCUT2D eigenvalue weighted by atomic mass is 10.1. The van der Waals surface area contributed by atoms with Gasteiger partial charge in [0.1, 0.15) is 22.5 Å². The Hall–Kier alpha value is -4.02. The van der Waals surface area contributed by atoms with Crippen LogP contribution < -0.4 is 21.1 Å². The molecule has 11 nitrogen and oxygen atoms in total. The van der Waals surface area contributed by atoms with E-state index in [2.05, 4.69) is 30.9 Å². The van der Waals surface area contributed by atoms with Crippen molar-refractivity contribution in [2.75, 3.05) is 12.4 Å². The Balaban J connectivity index is 1.93. The van der Waals surface area contributed by atoms with Gasteiger partial charge in [-0.25, -0.2) is 9.89 Å². The van der Waals surface area contributed by atoms with Crippen molar-refractivity contribution in [1.29, 1.82) is 0 Å². The summed E-state index contributed by atoms with van der Waals surface area (Å²) >= 11 is 0. The van der Waals surface area contributed by atoms with Crippen LogP contribution in [0, 0.1) is 0 Å². The van der Waals surface area contributed by atoms with E-state index in [9.17, 15) is 14.4 Å². The summed E-state index contributed by atoms with van der Waals surface area (Å²) in [6.07, 6.45) is 0. The van der Waals surface area contributed by atoms with Crippen LogP contribution >= 0.6 is 0 Å². The number of anilines is 1. The van der Waals surface area contributed by atoms with Gasteiger partial charge in [0.25, 0.3) is 5.91 Å². The number of pyridine rings is 1. The van der Waals surface area contributed by atoms with E-state index < -0.39 is 17.0 Å². The maximum absolute atomic E-state index is 12.6. The molecule has 0 saturated carbocycles. The molecule has 130 valence electrons. The first kappa shape index (κ1) is 15.5. The number of ether oxygens (including phenoxy) is 1. The van der Waals surface area contributed by atoms with Crippen molar-refractivity contribution in [2.45, 2.75) is 0 Å². The summed E-state index contributed by atoms with van der Waals surface area (Å²) in [5, 5.41) is 15.3. The highest BCUT2D eigenvalue weighted by molar-refractivity contribution is 6.07. The first-order valence-corrected chi connectivity index (χ1v) is 7.30. The van der Waals surface area contributed by atoms with E-state index in [-0.39, 0.29) is 28.1 Å². The number of aromatic nitrogens is 5. The van der Waals surface area contributed by atoms with E-state index in [4.69, 9.17) is 9.15 Å². The molecule has 26 heavy (non-hydrogen) atoms. The fraction of sp³-hybridized carbons (Fsp3) is 0.0667. The molecule has 0 atom stereocenters. The summed E-state index contributed by atoms with van der Waals surface area (Å²) in [5.74, 6) is -0.217. The largest absolute Gasteiger partial charge is 0.497 e. The van der Waals surface area contributed by atoms with Gasteiger partial charge in [0.15, 0.2) is 5.43 Å². The molecule has 0 aliphatic heterocycles. The van der Waals surface area contributed by atoms with Gasteiger partial charge < -0.3 is 14.1 Å². The summed E-state index contributed by atoms with van der Waals surface area (Å²) in [7, 11) is 1.48. The van der Waals surface area contributed by atoms with Crippen molar-refractivity contribution in [3.05, 3.63) is 50.6 Å². The second kappa shape index (κ2) is 5.81. The summed E-state index contributed by atoms with van der Waals surface area (Å²) < 4.78 is 10.4. The zero-order chi connectivity index (χ0) is 18.3. The summed E-state index contributed by atoms with van der Waals surface area (Å²) in [6.45, 7) is 0. The number of hydrogen-bond donors (Lipinski definition) is 3. The highest BCUT2D eigenvalue weighted by atomic mass is 16.5. The van der Waals surface area contributed by atoms with E-state index in [0.29, 0.717) is 11.1 Å². The Morgan fingerprint density at radius 3 is 2.85 bits per heavy atom. The van der Waals surface area contributed by atoms with Crippen LogP contribution in [-0.2, 0) is 0 Å². The number of methoxy groups -OCH3 is 1. The van der Waals surface area contributed by atoms with Crippen LogP contribution in [0.1, 0.15) is 10.5 Å². The number of nitrogens with one attached hydrogen (secondary N) is 3. The van der Waals surface area contributed by atoms with Gasteiger partial charge in [-0.3, -0.25) is 14.9 Å². The molecule has 0 bridgehead atoms. The number of benzene rings is 1. The molecule has 3 heterocycles. The first-order chi connectivity index (χ1) is 12.6. The second-order valence-electron chi connectivity index (χ2n) is 5.25. The van der Waals surface area contributed by atoms with Gasteiger partial charge in [-0.1, -0.05) is 5.10 Å². The van der Waals surface area contributed by atoms with Crippen LogP contribution in [0.25, 0.3) is 21.9 Å². The number of hydrogen-bond acceptors (Lipinski definition) is 8. The van der Waals surface area contributed by atoms with Crippen molar-refractivity contribution in [3.63, 3.8) is 0 Å². The average Bonchev–Trinajstić information content (AvgIpc) is 3.14. The quantitative estimate of drug-likeness (QED) is 0.353. The monoisotopic (exact) mass is 354 g/mol. The van der Waals surface area contributed by atoms with Gasteiger partial charge in [-0.05, 0) is 28.6 Å². The number of rotatable bonds is 3. The number of tetrazole rings is 1. The topological polar surface area (TPSA) is 156 Å².